The van der Waals surface area contributed by atoms with E-state index in [2.05, 4.69) is 5.32 Å². The minimum absolute atomic E-state index is 0.611. The SMILES string of the molecule is CN/C=C(/C#N)C(F)(F)F. The molecule has 0 fully saturated rings. The van der Waals surface area contributed by atoms with Gasteiger partial charge in [0.15, 0.2) is 0 Å². The Morgan fingerprint density at radius 3 is 2.20 bits per heavy atom. The maximum Gasteiger partial charge on any atom is 0.427 e. The maximum absolute atomic E-state index is 11.6. The molecule has 0 atom stereocenters. The van der Waals surface area contributed by atoms with Gasteiger partial charge < -0.3 is 5.32 Å². The number of rotatable bonds is 1. The van der Waals surface area contributed by atoms with Gasteiger partial charge in [0, 0.05) is 13.2 Å². The fraction of sp³-hybridized carbons (Fsp3) is 0.400. The number of halogens is 3. The summed E-state index contributed by atoms with van der Waals surface area (Å²) in [5.74, 6) is 0. The van der Waals surface area contributed by atoms with Gasteiger partial charge in [0.2, 0.25) is 0 Å². The first-order chi connectivity index (χ1) is 4.52. The molecule has 0 aliphatic heterocycles. The number of hydrogen-bond acceptors (Lipinski definition) is 2. The van der Waals surface area contributed by atoms with Gasteiger partial charge in [-0.3, -0.25) is 0 Å². The smallest absolute Gasteiger partial charge is 0.393 e. The molecule has 0 saturated heterocycles. The van der Waals surface area contributed by atoms with Gasteiger partial charge in [-0.05, 0) is 0 Å². The van der Waals surface area contributed by atoms with Crippen molar-refractivity contribution in [1.29, 1.82) is 5.26 Å². The lowest BCUT2D eigenvalue weighted by Gasteiger charge is -2.02. The molecule has 0 aromatic carbocycles. The number of alkyl halides is 3. The Bertz CT molecular complexity index is 174. The van der Waals surface area contributed by atoms with Gasteiger partial charge in [0.25, 0.3) is 0 Å². The van der Waals surface area contributed by atoms with E-state index in [0.717, 1.165) is 6.07 Å². The summed E-state index contributed by atoms with van der Waals surface area (Å²) < 4.78 is 34.7. The minimum Gasteiger partial charge on any atom is -0.393 e. The predicted molar refractivity (Wildman–Crippen MR) is 28.8 cm³/mol. The molecule has 0 unspecified atom stereocenters. The number of allylic oxidation sites excluding steroid dienone is 1. The van der Waals surface area contributed by atoms with Gasteiger partial charge in [0.05, 0.1) is 0 Å². The summed E-state index contributed by atoms with van der Waals surface area (Å²) in [5, 5.41) is 10.0. The van der Waals surface area contributed by atoms with E-state index in [-0.39, 0.29) is 0 Å². The molecule has 0 aliphatic rings. The van der Waals surface area contributed by atoms with Crippen LogP contribution in [-0.4, -0.2) is 13.2 Å². The first-order valence-electron chi connectivity index (χ1n) is 2.37. The zero-order valence-electron chi connectivity index (χ0n) is 5.16. The molecule has 0 aromatic rings. The number of nitriles is 1. The van der Waals surface area contributed by atoms with Crippen molar-refractivity contribution in [2.75, 3.05) is 7.05 Å². The third kappa shape index (κ3) is 2.40. The number of hydrogen-bond donors (Lipinski definition) is 1. The quantitative estimate of drug-likeness (QED) is 0.569. The molecule has 0 rings (SSSR count). The van der Waals surface area contributed by atoms with Gasteiger partial charge in [-0.2, -0.15) is 18.4 Å². The van der Waals surface area contributed by atoms with Crippen LogP contribution < -0.4 is 5.32 Å². The van der Waals surface area contributed by atoms with E-state index in [1.54, 1.807) is 0 Å². The van der Waals surface area contributed by atoms with Crippen molar-refractivity contribution in [2.24, 2.45) is 0 Å². The van der Waals surface area contributed by atoms with Gasteiger partial charge in [-0.1, -0.05) is 0 Å². The van der Waals surface area contributed by atoms with Crippen LogP contribution in [0.1, 0.15) is 0 Å². The Balaban J connectivity index is 4.41. The largest absolute Gasteiger partial charge is 0.427 e. The summed E-state index contributed by atoms with van der Waals surface area (Å²) in [6, 6.07) is 1.02. The summed E-state index contributed by atoms with van der Waals surface area (Å²) in [5.41, 5.74) is -1.23. The Hall–Kier alpha value is -1.18. The van der Waals surface area contributed by atoms with Crippen LogP contribution in [-0.2, 0) is 0 Å². The summed E-state index contributed by atoms with van der Waals surface area (Å²) in [6.07, 6.45) is -3.93. The van der Waals surface area contributed by atoms with Crippen LogP contribution >= 0.6 is 0 Å². The molecule has 1 N–H and O–H groups in total. The van der Waals surface area contributed by atoms with Crippen molar-refractivity contribution in [3.8, 4) is 6.07 Å². The monoisotopic (exact) mass is 150 g/mol. The van der Waals surface area contributed by atoms with E-state index >= 15 is 0 Å². The molecule has 2 nitrogen and oxygen atoms in total. The average molecular weight is 150 g/mol. The first kappa shape index (κ1) is 8.82. The topological polar surface area (TPSA) is 35.8 Å². The fourth-order valence-corrected chi connectivity index (χ4v) is 0.322. The Kier molecular flexibility index (Phi) is 2.74. The summed E-state index contributed by atoms with van der Waals surface area (Å²) >= 11 is 0. The van der Waals surface area contributed by atoms with E-state index in [0.29, 0.717) is 6.20 Å². The van der Waals surface area contributed by atoms with Gasteiger partial charge in [0.1, 0.15) is 11.6 Å². The molecule has 0 amide bonds. The molecule has 0 aromatic heterocycles. The van der Waals surface area contributed by atoms with Crippen LogP contribution in [0.4, 0.5) is 13.2 Å². The normalized spacial score (nSPS) is 12.5. The number of nitrogens with zero attached hydrogens (tertiary/aromatic N) is 1. The summed E-state index contributed by atoms with van der Waals surface area (Å²) in [7, 11) is 1.29. The van der Waals surface area contributed by atoms with E-state index in [9.17, 15) is 13.2 Å². The summed E-state index contributed by atoms with van der Waals surface area (Å²) in [4.78, 5) is 0. The van der Waals surface area contributed by atoms with Gasteiger partial charge >= 0.3 is 6.18 Å². The molecular weight excluding hydrogens is 145 g/mol. The molecule has 0 aliphatic carbocycles. The van der Waals surface area contributed by atoms with Crippen LogP contribution in [0.5, 0.6) is 0 Å². The molecule has 0 saturated carbocycles. The highest BCUT2D eigenvalue weighted by Crippen LogP contribution is 2.23. The molecular formula is C5H5F3N2. The van der Waals surface area contributed by atoms with E-state index in [4.69, 9.17) is 5.26 Å². The van der Waals surface area contributed by atoms with Gasteiger partial charge in [-0.25, -0.2) is 0 Å². The van der Waals surface area contributed by atoms with Crippen molar-refractivity contribution in [1.82, 2.24) is 5.32 Å². The minimum atomic E-state index is -4.54. The van der Waals surface area contributed by atoms with E-state index in [1.807, 2.05) is 0 Å². The molecule has 0 bridgehead atoms. The van der Waals surface area contributed by atoms with Crippen LogP contribution in [0.25, 0.3) is 0 Å². The molecule has 5 heteroatoms. The van der Waals surface area contributed by atoms with Crippen LogP contribution in [0.15, 0.2) is 11.8 Å². The predicted octanol–water partition coefficient (Wildman–Crippen LogP) is 1.18. The lowest BCUT2D eigenvalue weighted by atomic mass is 10.3. The van der Waals surface area contributed by atoms with Crippen molar-refractivity contribution in [3.63, 3.8) is 0 Å². The molecule has 0 spiro atoms. The molecule has 56 valence electrons. The van der Waals surface area contributed by atoms with Crippen molar-refractivity contribution >= 4 is 0 Å². The summed E-state index contributed by atoms with van der Waals surface area (Å²) in [6.45, 7) is 0. The van der Waals surface area contributed by atoms with E-state index in [1.165, 1.54) is 7.05 Å². The third-order valence-electron chi connectivity index (χ3n) is 0.715. The molecule has 0 heterocycles. The highest BCUT2D eigenvalue weighted by atomic mass is 19.4. The van der Waals surface area contributed by atoms with Crippen molar-refractivity contribution in [2.45, 2.75) is 6.18 Å². The number of nitrogens with one attached hydrogen (secondary N) is 1. The zero-order valence-corrected chi connectivity index (χ0v) is 5.16. The maximum atomic E-state index is 11.6. The standard InChI is InChI=1S/C5H5F3N2/c1-10-3-4(2-9)5(6,7)8/h3,10H,1H3/b4-3-. The highest BCUT2D eigenvalue weighted by Gasteiger charge is 2.33. The van der Waals surface area contributed by atoms with Crippen LogP contribution in [0, 0.1) is 11.3 Å². The Morgan fingerprint density at radius 1 is 1.60 bits per heavy atom. The Morgan fingerprint density at radius 2 is 2.10 bits per heavy atom. The first-order valence-corrected chi connectivity index (χ1v) is 2.37. The highest BCUT2D eigenvalue weighted by molar-refractivity contribution is 5.24. The fourth-order valence-electron chi connectivity index (χ4n) is 0.322. The van der Waals surface area contributed by atoms with Crippen molar-refractivity contribution in [3.05, 3.63) is 11.8 Å². The molecule has 10 heavy (non-hydrogen) atoms. The lowest BCUT2D eigenvalue weighted by molar-refractivity contribution is -0.0876. The molecule has 0 radical (unpaired) electrons. The van der Waals surface area contributed by atoms with Crippen molar-refractivity contribution < 1.29 is 13.2 Å². The van der Waals surface area contributed by atoms with Crippen LogP contribution in [0.3, 0.4) is 0 Å². The second kappa shape index (κ2) is 3.11. The average Bonchev–Trinajstić information content (AvgIpc) is 1.80. The third-order valence-corrected chi connectivity index (χ3v) is 0.715. The van der Waals surface area contributed by atoms with Gasteiger partial charge in [-0.15, -0.1) is 0 Å². The lowest BCUT2D eigenvalue weighted by Crippen LogP contribution is -2.13. The second-order valence-corrected chi connectivity index (χ2v) is 1.46. The Labute approximate surface area is 55.9 Å². The second-order valence-electron chi connectivity index (χ2n) is 1.46. The zero-order chi connectivity index (χ0) is 8.20. The van der Waals surface area contributed by atoms with Crippen LogP contribution in [0.2, 0.25) is 0 Å². The van der Waals surface area contributed by atoms with E-state index < -0.39 is 11.7 Å².